The van der Waals surface area contributed by atoms with Crippen LogP contribution in [0.25, 0.3) is 0 Å². The van der Waals surface area contributed by atoms with Gasteiger partial charge in [0.2, 0.25) is 0 Å². The average molecular weight is 264 g/mol. The van der Waals surface area contributed by atoms with Crippen LogP contribution in [0, 0.1) is 0 Å². The van der Waals surface area contributed by atoms with Crippen molar-refractivity contribution >= 4 is 0 Å². The lowest BCUT2D eigenvalue weighted by Gasteiger charge is -2.30. The van der Waals surface area contributed by atoms with Crippen molar-refractivity contribution in [3.05, 3.63) is 70.8 Å². The molecule has 2 aromatic rings. The third-order valence-electron chi connectivity index (χ3n) is 4.64. The van der Waals surface area contributed by atoms with Gasteiger partial charge in [0, 0.05) is 0 Å². The first-order chi connectivity index (χ1) is 9.75. The predicted octanol–water partition coefficient (Wildman–Crippen LogP) is 5.67. The fraction of sp³-hybridized carbons (Fsp3) is 0.400. The van der Waals surface area contributed by atoms with Crippen molar-refractivity contribution in [3.63, 3.8) is 0 Å². The SMILES string of the molecule is CC(C)c1cccc(C2CCC2)c1Cc1ccccc1. The fourth-order valence-electron chi connectivity index (χ4n) is 3.27. The molecule has 0 saturated heterocycles. The number of rotatable bonds is 4. The Hall–Kier alpha value is -1.56. The first kappa shape index (κ1) is 13.4. The molecular formula is C20H24. The highest BCUT2D eigenvalue weighted by molar-refractivity contribution is 5.43. The average Bonchev–Trinajstić information content (AvgIpc) is 2.39. The van der Waals surface area contributed by atoms with Gasteiger partial charge in [0.15, 0.2) is 0 Å². The van der Waals surface area contributed by atoms with Crippen LogP contribution in [-0.4, -0.2) is 0 Å². The molecule has 0 N–H and O–H groups in total. The summed E-state index contributed by atoms with van der Waals surface area (Å²) in [5.74, 6) is 1.42. The Balaban J connectivity index is 2.00. The van der Waals surface area contributed by atoms with Crippen LogP contribution in [-0.2, 0) is 6.42 Å². The van der Waals surface area contributed by atoms with Gasteiger partial charge in [0.25, 0.3) is 0 Å². The van der Waals surface area contributed by atoms with E-state index in [0.717, 1.165) is 12.3 Å². The van der Waals surface area contributed by atoms with E-state index in [1.54, 1.807) is 16.7 Å². The minimum Gasteiger partial charge on any atom is -0.0622 e. The van der Waals surface area contributed by atoms with Crippen LogP contribution in [0.15, 0.2) is 48.5 Å². The second-order valence-electron chi connectivity index (χ2n) is 6.36. The Morgan fingerprint density at radius 3 is 2.30 bits per heavy atom. The van der Waals surface area contributed by atoms with Crippen molar-refractivity contribution in [2.24, 2.45) is 0 Å². The summed E-state index contributed by atoms with van der Waals surface area (Å²) in [6, 6.07) is 17.9. The Morgan fingerprint density at radius 2 is 1.70 bits per heavy atom. The lowest BCUT2D eigenvalue weighted by Crippen LogP contribution is -2.13. The maximum absolute atomic E-state index is 2.37. The molecule has 0 nitrogen and oxygen atoms in total. The molecule has 1 fully saturated rings. The van der Waals surface area contributed by atoms with E-state index in [2.05, 4.69) is 62.4 Å². The molecule has 1 aliphatic carbocycles. The van der Waals surface area contributed by atoms with E-state index >= 15 is 0 Å². The second-order valence-corrected chi connectivity index (χ2v) is 6.36. The quantitative estimate of drug-likeness (QED) is 0.667. The summed E-state index contributed by atoms with van der Waals surface area (Å²) in [5.41, 5.74) is 6.18. The van der Waals surface area contributed by atoms with Gasteiger partial charge < -0.3 is 0 Å². The highest BCUT2D eigenvalue weighted by Gasteiger charge is 2.23. The molecule has 3 rings (SSSR count). The van der Waals surface area contributed by atoms with E-state index in [9.17, 15) is 0 Å². The fourth-order valence-corrected chi connectivity index (χ4v) is 3.27. The molecule has 1 saturated carbocycles. The summed E-state index contributed by atoms with van der Waals surface area (Å²) in [6.45, 7) is 4.63. The third-order valence-corrected chi connectivity index (χ3v) is 4.64. The zero-order valence-electron chi connectivity index (χ0n) is 12.6. The minimum atomic E-state index is 0.605. The summed E-state index contributed by atoms with van der Waals surface area (Å²) in [7, 11) is 0. The molecule has 2 aromatic carbocycles. The second kappa shape index (κ2) is 5.83. The van der Waals surface area contributed by atoms with Gasteiger partial charge in [-0.2, -0.15) is 0 Å². The van der Waals surface area contributed by atoms with E-state index < -0.39 is 0 Å². The summed E-state index contributed by atoms with van der Waals surface area (Å²) in [4.78, 5) is 0. The third kappa shape index (κ3) is 2.65. The molecule has 0 bridgehead atoms. The zero-order valence-corrected chi connectivity index (χ0v) is 12.6. The van der Waals surface area contributed by atoms with Crippen molar-refractivity contribution in [1.29, 1.82) is 0 Å². The number of hydrogen-bond acceptors (Lipinski definition) is 0. The Morgan fingerprint density at radius 1 is 0.950 bits per heavy atom. The van der Waals surface area contributed by atoms with Gasteiger partial charge in [0.1, 0.15) is 0 Å². The molecule has 0 unspecified atom stereocenters. The van der Waals surface area contributed by atoms with Crippen LogP contribution < -0.4 is 0 Å². The maximum atomic E-state index is 2.37. The molecule has 0 amide bonds. The van der Waals surface area contributed by atoms with E-state index in [4.69, 9.17) is 0 Å². The molecular weight excluding hydrogens is 240 g/mol. The number of benzene rings is 2. The van der Waals surface area contributed by atoms with Crippen molar-refractivity contribution in [1.82, 2.24) is 0 Å². The van der Waals surface area contributed by atoms with Gasteiger partial charge in [-0.25, -0.2) is 0 Å². The van der Waals surface area contributed by atoms with Gasteiger partial charge in [0.05, 0.1) is 0 Å². The molecule has 104 valence electrons. The summed E-state index contributed by atoms with van der Waals surface area (Å²) >= 11 is 0. The molecule has 0 heterocycles. The molecule has 0 atom stereocenters. The van der Waals surface area contributed by atoms with Crippen LogP contribution in [0.2, 0.25) is 0 Å². The molecule has 0 spiro atoms. The Bertz CT molecular complexity index is 562. The topological polar surface area (TPSA) is 0 Å². The van der Waals surface area contributed by atoms with Gasteiger partial charge >= 0.3 is 0 Å². The van der Waals surface area contributed by atoms with E-state index in [0.29, 0.717) is 5.92 Å². The Labute approximate surface area is 122 Å². The van der Waals surface area contributed by atoms with Crippen LogP contribution in [0.3, 0.4) is 0 Å². The zero-order chi connectivity index (χ0) is 13.9. The van der Waals surface area contributed by atoms with Gasteiger partial charge in [-0.15, -0.1) is 0 Å². The molecule has 1 aliphatic rings. The summed E-state index contributed by atoms with van der Waals surface area (Å²) < 4.78 is 0. The summed E-state index contributed by atoms with van der Waals surface area (Å²) in [6.07, 6.45) is 5.25. The molecule has 0 aliphatic heterocycles. The van der Waals surface area contributed by atoms with Crippen molar-refractivity contribution < 1.29 is 0 Å². The number of hydrogen-bond donors (Lipinski definition) is 0. The highest BCUT2D eigenvalue weighted by Crippen LogP contribution is 2.40. The predicted molar refractivity (Wildman–Crippen MR) is 86.4 cm³/mol. The van der Waals surface area contributed by atoms with E-state index in [1.165, 1.54) is 24.8 Å². The Kier molecular flexibility index (Phi) is 3.91. The molecule has 0 radical (unpaired) electrons. The largest absolute Gasteiger partial charge is 0.0622 e. The maximum Gasteiger partial charge on any atom is -0.00201 e. The lowest BCUT2D eigenvalue weighted by atomic mass is 9.75. The van der Waals surface area contributed by atoms with Crippen LogP contribution >= 0.6 is 0 Å². The van der Waals surface area contributed by atoms with Gasteiger partial charge in [-0.1, -0.05) is 68.8 Å². The van der Waals surface area contributed by atoms with E-state index in [1.807, 2.05) is 0 Å². The van der Waals surface area contributed by atoms with Gasteiger partial charge in [-0.05, 0) is 53.4 Å². The van der Waals surface area contributed by atoms with Crippen molar-refractivity contribution in [3.8, 4) is 0 Å². The lowest BCUT2D eigenvalue weighted by molar-refractivity contribution is 0.417. The van der Waals surface area contributed by atoms with Crippen molar-refractivity contribution in [2.45, 2.75) is 51.4 Å². The van der Waals surface area contributed by atoms with Crippen LogP contribution in [0.1, 0.15) is 67.2 Å². The monoisotopic (exact) mass is 264 g/mol. The first-order valence-electron chi connectivity index (χ1n) is 7.91. The normalized spacial score (nSPS) is 15.3. The molecule has 20 heavy (non-hydrogen) atoms. The molecule has 0 aromatic heterocycles. The standard InChI is InChI=1S/C20H24/c1-15(2)18-12-7-13-19(17-10-6-11-17)20(18)14-16-8-4-3-5-9-16/h3-5,7-9,12-13,15,17H,6,10-11,14H2,1-2H3. The minimum absolute atomic E-state index is 0.605. The highest BCUT2D eigenvalue weighted by atomic mass is 14.3. The van der Waals surface area contributed by atoms with Crippen LogP contribution in [0.5, 0.6) is 0 Å². The molecule has 0 heteroatoms. The van der Waals surface area contributed by atoms with Gasteiger partial charge in [-0.3, -0.25) is 0 Å². The first-order valence-corrected chi connectivity index (χ1v) is 7.91. The summed E-state index contributed by atoms with van der Waals surface area (Å²) in [5, 5.41) is 0. The van der Waals surface area contributed by atoms with Crippen LogP contribution in [0.4, 0.5) is 0 Å². The van der Waals surface area contributed by atoms with E-state index in [-0.39, 0.29) is 0 Å². The van der Waals surface area contributed by atoms with Crippen molar-refractivity contribution in [2.75, 3.05) is 0 Å². The smallest absolute Gasteiger partial charge is 0.00201 e.